The summed E-state index contributed by atoms with van der Waals surface area (Å²) in [5, 5.41) is 3.32. The number of rotatable bonds is 4. The van der Waals surface area contributed by atoms with Gasteiger partial charge in [-0.1, -0.05) is 18.2 Å². The average Bonchev–Trinajstić information content (AvgIpc) is 2.39. The second-order valence-corrected chi connectivity index (χ2v) is 3.76. The van der Waals surface area contributed by atoms with E-state index in [0.717, 1.165) is 22.7 Å². The molecule has 2 rings (SSSR count). The van der Waals surface area contributed by atoms with E-state index in [2.05, 4.69) is 5.32 Å². The lowest BCUT2D eigenvalue weighted by Crippen LogP contribution is -1.97. The van der Waals surface area contributed by atoms with Crippen LogP contribution in [0.2, 0.25) is 0 Å². The Morgan fingerprint density at radius 3 is 2.47 bits per heavy atom. The molecule has 0 aromatic heterocycles. The molecule has 0 saturated heterocycles. The van der Waals surface area contributed by atoms with Gasteiger partial charge in [0.2, 0.25) is 0 Å². The van der Waals surface area contributed by atoms with Gasteiger partial charge in [-0.2, -0.15) is 0 Å². The zero-order valence-corrected chi connectivity index (χ0v) is 9.81. The van der Waals surface area contributed by atoms with Gasteiger partial charge in [0.15, 0.2) is 0 Å². The lowest BCUT2D eigenvalue weighted by atomic mass is 10.2. The quantitative estimate of drug-likeness (QED) is 0.845. The van der Waals surface area contributed by atoms with E-state index < -0.39 is 0 Å². The molecule has 0 radical (unpaired) electrons. The number of nitrogens with two attached hydrogens (primary N) is 1. The number of methoxy groups -OCH3 is 1. The highest BCUT2D eigenvalue weighted by atomic mass is 16.5. The van der Waals surface area contributed by atoms with Gasteiger partial charge in [-0.3, -0.25) is 0 Å². The van der Waals surface area contributed by atoms with E-state index in [9.17, 15) is 0 Å². The first-order valence-electron chi connectivity index (χ1n) is 5.52. The Morgan fingerprint density at radius 2 is 1.76 bits per heavy atom. The SMILES string of the molecule is COc1cccc(Nc2cccc(CN)c2)c1. The number of hydrogen-bond acceptors (Lipinski definition) is 3. The molecule has 0 spiro atoms. The molecule has 2 aromatic rings. The van der Waals surface area contributed by atoms with Crippen LogP contribution in [0.4, 0.5) is 11.4 Å². The molecule has 0 aliphatic rings. The monoisotopic (exact) mass is 228 g/mol. The molecule has 3 N–H and O–H groups in total. The van der Waals surface area contributed by atoms with Crippen LogP contribution >= 0.6 is 0 Å². The fraction of sp³-hybridized carbons (Fsp3) is 0.143. The Bertz CT molecular complexity index is 452. The van der Waals surface area contributed by atoms with Crippen molar-refractivity contribution in [3.8, 4) is 5.75 Å². The summed E-state index contributed by atoms with van der Waals surface area (Å²) in [5.74, 6) is 0.838. The van der Waals surface area contributed by atoms with Gasteiger partial charge in [0, 0.05) is 24.0 Å². The van der Waals surface area contributed by atoms with Crippen LogP contribution in [0.5, 0.6) is 5.75 Å². The van der Waals surface area contributed by atoms with Crippen LogP contribution in [-0.4, -0.2) is 7.11 Å². The summed E-state index contributed by atoms with van der Waals surface area (Å²) >= 11 is 0. The first kappa shape index (κ1) is 11.5. The third kappa shape index (κ3) is 2.98. The van der Waals surface area contributed by atoms with Crippen molar-refractivity contribution >= 4 is 11.4 Å². The van der Waals surface area contributed by atoms with Crippen LogP contribution < -0.4 is 15.8 Å². The lowest BCUT2D eigenvalue weighted by Gasteiger charge is -2.09. The first-order chi connectivity index (χ1) is 8.31. The van der Waals surface area contributed by atoms with E-state index in [1.54, 1.807) is 7.11 Å². The smallest absolute Gasteiger partial charge is 0.120 e. The maximum atomic E-state index is 5.61. The van der Waals surface area contributed by atoms with E-state index in [4.69, 9.17) is 10.5 Å². The average molecular weight is 228 g/mol. The topological polar surface area (TPSA) is 47.3 Å². The molecule has 3 heteroatoms. The molecular weight excluding hydrogens is 212 g/mol. The number of ether oxygens (including phenoxy) is 1. The summed E-state index contributed by atoms with van der Waals surface area (Å²) in [6.07, 6.45) is 0. The summed E-state index contributed by atoms with van der Waals surface area (Å²) in [7, 11) is 1.66. The van der Waals surface area contributed by atoms with Gasteiger partial charge in [-0.25, -0.2) is 0 Å². The van der Waals surface area contributed by atoms with E-state index >= 15 is 0 Å². The van der Waals surface area contributed by atoms with E-state index in [1.807, 2.05) is 48.5 Å². The van der Waals surface area contributed by atoms with Gasteiger partial charge in [0.25, 0.3) is 0 Å². The molecule has 88 valence electrons. The maximum absolute atomic E-state index is 5.61. The highest BCUT2D eigenvalue weighted by Crippen LogP contribution is 2.21. The zero-order chi connectivity index (χ0) is 12.1. The number of hydrogen-bond donors (Lipinski definition) is 2. The Morgan fingerprint density at radius 1 is 1.06 bits per heavy atom. The van der Waals surface area contributed by atoms with Crippen molar-refractivity contribution in [2.24, 2.45) is 5.73 Å². The fourth-order valence-electron chi connectivity index (χ4n) is 1.64. The van der Waals surface area contributed by atoms with Gasteiger partial charge in [-0.15, -0.1) is 0 Å². The van der Waals surface area contributed by atoms with Crippen LogP contribution in [0, 0.1) is 0 Å². The highest BCUT2D eigenvalue weighted by Gasteiger charge is 1.97. The normalized spacial score (nSPS) is 10.0. The molecule has 3 nitrogen and oxygen atoms in total. The highest BCUT2D eigenvalue weighted by molar-refractivity contribution is 5.61. The van der Waals surface area contributed by atoms with Crippen LogP contribution in [0.25, 0.3) is 0 Å². The summed E-state index contributed by atoms with van der Waals surface area (Å²) in [6.45, 7) is 0.549. The molecule has 0 atom stereocenters. The van der Waals surface area contributed by atoms with E-state index in [1.165, 1.54) is 0 Å². The van der Waals surface area contributed by atoms with Crippen LogP contribution in [-0.2, 0) is 6.54 Å². The van der Waals surface area contributed by atoms with Gasteiger partial charge in [0.05, 0.1) is 7.11 Å². The summed E-state index contributed by atoms with van der Waals surface area (Å²) in [5.41, 5.74) is 8.75. The van der Waals surface area contributed by atoms with Gasteiger partial charge in [0.1, 0.15) is 5.75 Å². The van der Waals surface area contributed by atoms with E-state index in [0.29, 0.717) is 6.54 Å². The van der Waals surface area contributed by atoms with Crippen molar-refractivity contribution in [2.75, 3.05) is 12.4 Å². The lowest BCUT2D eigenvalue weighted by molar-refractivity contribution is 0.415. The minimum absolute atomic E-state index is 0.549. The zero-order valence-electron chi connectivity index (χ0n) is 9.81. The number of anilines is 2. The summed E-state index contributed by atoms with van der Waals surface area (Å²) < 4.78 is 5.18. The van der Waals surface area contributed by atoms with E-state index in [-0.39, 0.29) is 0 Å². The molecule has 0 unspecified atom stereocenters. The summed E-state index contributed by atoms with van der Waals surface area (Å²) in [6, 6.07) is 15.9. The second-order valence-electron chi connectivity index (χ2n) is 3.76. The molecule has 0 fully saturated rings. The molecular formula is C14H16N2O. The molecule has 0 amide bonds. The predicted octanol–water partition coefficient (Wildman–Crippen LogP) is 2.90. The van der Waals surface area contributed by atoms with Crippen molar-refractivity contribution in [2.45, 2.75) is 6.54 Å². The summed E-state index contributed by atoms with van der Waals surface area (Å²) in [4.78, 5) is 0. The molecule has 0 saturated carbocycles. The third-order valence-electron chi connectivity index (χ3n) is 2.52. The van der Waals surface area contributed by atoms with Crippen molar-refractivity contribution in [3.63, 3.8) is 0 Å². The van der Waals surface area contributed by atoms with Gasteiger partial charge >= 0.3 is 0 Å². The molecule has 0 aliphatic carbocycles. The Hall–Kier alpha value is -2.00. The van der Waals surface area contributed by atoms with Crippen molar-refractivity contribution in [1.82, 2.24) is 0 Å². The maximum Gasteiger partial charge on any atom is 0.120 e. The molecule has 0 aliphatic heterocycles. The van der Waals surface area contributed by atoms with Crippen molar-refractivity contribution in [1.29, 1.82) is 0 Å². The minimum Gasteiger partial charge on any atom is -0.497 e. The molecule has 0 heterocycles. The predicted molar refractivity (Wildman–Crippen MR) is 70.6 cm³/mol. The Balaban J connectivity index is 2.18. The number of benzene rings is 2. The molecule has 17 heavy (non-hydrogen) atoms. The third-order valence-corrected chi connectivity index (χ3v) is 2.52. The van der Waals surface area contributed by atoms with Crippen LogP contribution in [0.15, 0.2) is 48.5 Å². The standard InChI is InChI=1S/C14H16N2O/c1-17-14-7-3-6-13(9-14)16-12-5-2-4-11(8-12)10-15/h2-9,16H,10,15H2,1H3. The molecule has 0 bridgehead atoms. The Kier molecular flexibility index (Phi) is 3.62. The van der Waals surface area contributed by atoms with Crippen molar-refractivity contribution in [3.05, 3.63) is 54.1 Å². The largest absolute Gasteiger partial charge is 0.497 e. The van der Waals surface area contributed by atoms with Crippen LogP contribution in [0.1, 0.15) is 5.56 Å². The molecule has 2 aromatic carbocycles. The van der Waals surface area contributed by atoms with Crippen molar-refractivity contribution < 1.29 is 4.74 Å². The fourth-order valence-corrected chi connectivity index (χ4v) is 1.64. The number of nitrogens with one attached hydrogen (secondary N) is 1. The second kappa shape index (κ2) is 5.37. The van der Waals surface area contributed by atoms with Gasteiger partial charge < -0.3 is 15.8 Å². The minimum atomic E-state index is 0.549. The Labute approximate surface area is 101 Å². The van der Waals surface area contributed by atoms with Gasteiger partial charge in [-0.05, 0) is 29.8 Å². The van der Waals surface area contributed by atoms with Crippen LogP contribution in [0.3, 0.4) is 0 Å². The first-order valence-corrected chi connectivity index (χ1v) is 5.52.